The minimum atomic E-state index is -4.06. The van der Waals surface area contributed by atoms with Crippen LogP contribution in [0.25, 0.3) is 0 Å². The van der Waals surface area contributed by atoms with Crippen molar-refractivity contribution < 1.29 is 16.8 Å². The van der Waals surface area contributed by atoms with Crippen LogP contribution in [0, 0.1) is 48.6 Å². The van der Waals surface area contributed by atoms with Crippen LogP contribution in [0.1, 0.15) is 16.7 Å². The minimum Gasteiger partial charge on any atom is -0.207 e. The molecule has 0 aliphatic rings. The average molecular weight is 590 g/mol. The maximum atomic E-state index is 13.8. The summed E-state index contributed by atoms with van der Waals surface area (Å²) in [5.41, 5.74) is 5.58. The Morgan fingerprint density at radius 1 is 0.750 bits per heavy atom. The maximum Gasteiger partial charge on any atom is 0.275 e. The number of hydrogen-bond acceptors (Lipinski definition) is 5. The standard InChI is InChI=1S/C30H31N3O4S2Si/c1-25-12-16-28(17-13-25)38(34,35)32(22-20-31)21-8-10-27-9-6-7-11-30(27)33(23-24-40(3,4)5)39(36,37)29-18-14-26(2)15-19-29/h6-7,9,11-19H,21-22H2,1-5H3. The topological polar surface area (TPSA) is 98.5 Å². The van der Waals surface area contributed by atoms with Crippen molar-refractivity contribution in [3.63, 3.8) is 0 Å². The number of nitrogens with zero attached hydrogens (tertiary/aromatic N) is 3. The molecule has 0 aromatic heterocycles. The maximum absolute atomic E-state index is 13.8. The van der Waals surface area contributed by atoms with E-state index in [2.05, 4.69) is 23.4 Å². The van der Waals surface area contributed by atoms with Gasteiger partial charge in [-0.05, 0) is 50.2 Å². The average Bonchev–Trinajstić information content (AvgIpc) is 2.89. The smallest absolute Gasteiger partial charge is 0.207 e. The summed E-state index contributed by atoms with van der Waals surface area (Å²) in [5, 5.41) is 9.27. The summed E-state index contributed by atoms with van der Waals surface area (Å²) < 4.78 is 55.9. The minimum absolute atomic E-state index is 0.0625. The van der Waals surface area contributed by atoms with Gasteiger partial charge in [-0.15, -0.1) is 5.54 Å². The highest BCUT2D eigenvalue weighted by atomic mass is 32.2. The predicted molar refractivity (Wildman–Crippen MR) is 161 cm³/mol. The first-order valence-corrected chi connectivity index (χ1v) is 18.8. The summed E-state index contributed by atoms with van der Waals surface area (Å²) >= 11 is 0. The summed E-state index contributed by atoms with van der Waals surface area (Å²) in [6.45, 7) is 9.12. The lowest BCUT2D eigenvalue weighted by atomic mass is 10.2. The molecule has 10 heteroatoms. The van der Waals surface area contributed by atoms with Crippen LogP contribution < -0.4 is 4.31 Å². The van der Waals surface area contributed by atoms with Crippen LogP contribution in [0.4, 0.5) is 5.69 Å². The Morgan fingerprint density at radius 3 is 1.80 bits per heavy atom. The van der Waals surface area contributed by atoms with Crippen LogP contribution in [0.5, 0.6) is 0 Å². The number of hydrogen-bond donors (Lipinski definition) is 0. The van der Waals surface area contributed by atoms with Crippen LogP contribution in [-0.2, 0) is 20.0 Å². The van der Waals surface area contributed by atoms with Crippen molar-refractivity contribution in [1.29, 1.82) is 5.26 Å². The van der Waals surface area contributed by atoms with Gasteiger partial charge in [0.05, 0.1) is 33.7 Å². The molecule has 0 aliphatic carbocycles. The molecule has 0 atom stereocenters. The number of rotatable bonds is 7. The SMILES string of the molecule is Cc1ccc(S(=O)(=O)N(CC#N)CC#Cc2ccccc2N(C#C[Si](C)(C)C)S(=O)(=O)c2ccc(C)cc2)cc1. The molecule has 0 saturated carbocycles. The molecule has 0 aliphatic heterocycles. The van der Waals surface area contributed by atoms with Gasteiger partial charge in [-0.2, -0.15) is 13.9 Å². The zero-order chi connectivity index (χ0) is 29.6. The number of benzene rings is 3. The molecule has 0 spiro atoms. The van der Waals surface area contributed by atoms with E-state index in [1.54, 1.807) is 48.5 Å². The van der Waals surface area contributed by atoms with Crippen molar-refractivity contribution in [3.05, 3.63) is 89.5 Å². The second kappa shape index (κ2) is 12.5. The molecular weight excluding hydrogens is 559 g/mol. The summed E-state index contributed by atoms with van der Waals surface area (Å²) in [5.74, 6) is 5.74. The van der Waals surface area contributed by atoms with Gasteiger partial charge < -0.3 is 0 Å². The third-order valence-corrected chi connectivity index (χ3v) is 9.90. The van der Waals surface area contributed by atoms with E-state index in [1.807, 2.05) is 39.6 Å². The second-order valence-corrected chi connectivity index (χ2v) is 18.6. The molecule has 0 heterocycles. The third-order valence-electron chi connectivity index (χ3n) is 5.60. The Morgan fingerprint density at radius 2 is 1.27 bits per heavy atom. The Kier molecular flexibility index (Phi) is 9.63. The molecule has 0 saturated heterocycles. The van der Waals surface area contributed by atoms with Crippen LogP contribution in [0.3, 0.4) is 0 Å². The fourth-order valence-corrected chi connectivity index (χ4v) is 6.47. The zero-order valence-electron chi connectivity index (χ0n) is 23.1. The molecule has 3 rings (SSSR count). The summed E-state index contributed by atoms with van der Waals surface area (Å²) in [4.78, 5) is 0.155. The van der Waals surface area contributed by atoms with Crippen LogP contribution in [0.2, 0.25) is 19.6 Å². The number of para-hydroxylation sites is 1. The number of sulfonamides is 2. The number of anilines is 1. The van der Waals surface area contributed by atoms with Crippen molar-refractivity contribution in [2.75, 3.05) is 17.4 Å². The van der Waals surface area contributed by atoms with E-state index in [1.165, 1.54) is 24.3 Å². The molecule has 206 valence electrons. The number of nitriles is 1. The van der Waals surface area contributed by atoms with Crippen LogP contribution in [-0.4, -0.2) is 42.3 Å². The summed E-state index contributed by atoms with van der Waals surface area (Å²) in [6, 6.07) is 24.3. The van der Waals surface area contributed by atoms with E-state index in [9.17, 15) is 22.1 Å². The highest BCUT2D eigenvalue weighted by Crippen LogP contribution is 2.27. The van der Waals surface area contributed by atoms with E-state index in [4.69, 9.17) is 0 Å². The third kappa shape index (κ3) is 7.62. The van der Waals surface area contributed by atoms with Crippen molar-refractivity contribution >= 4 is 33.8 Å². The zero-order valence-corrected chi connectivity index (χ0v) is 25.8. The molecule has 0 unspecified atom stereocenters. The molecule has 0 radical (unpaired) electrons. The molecule has 3 aromatic carbocycles. The van der Waals surface area contributed by atoms with Crippen LogP contribution in [0.15, 0.2) is 82.6 Å². The predicted octanol–water partition coefficient (Wildman–Crippen LogP) is 4.90. The van der Waals surface area contributed by atoms with E-state index in [0.29, 0.717) is 5.56 Å². The van der Waals surface area contributed by atoms with Gasteiger partial charge in [0.2, 0.25) is 10.0 Å². The van der Waals surface area contributed by atoms with E-state index in [0.717, 1.165) is 19.7 Å². The first-order chi connectivity index (χ1) is 18.8. The molecule has 0 bridgehead atoms. The number of aryl methyl sites for hydroxylation is 2. The van der Waals surface area contributed by atoms with Gasteiger partial charge in [0.25, 0.3) is 10.0 Å². The lowest BCUT2D eigenvalue weighted by Gasteiger charge is -2.20. The Bertz CT molecular complexity index is 1750. The fourth-order valence-electron chi connectivity index (χ4n) is 3.43. The van der Waals surface area contributed by atoms with Crippen LogP contribution >= 0.6 is 0 Å². The summed E-state index contributed by atoms with van der Waals surface area (Å²) in [7, 11) is -10.0. The second-order valence-electron chi connectivity index (χ2n) is 10.1. The normalized spacial score (nSPS) is 11.5. The molecular formula is C30H31N3O4S2Si. The molecule has 3 aromatic rings. The molecule has 40 heavy (non-hydrogen) atoms. The fraction of sp³-hybridized carbons (Fsp3) is 0.233. The Balaban J connectivity index is 2.06. The molecule has 0 fully saturated rings. The largest absolute Gasteiger partial charge is 0.275 e. The van der Waals surface area contributed by atoms with Gasteiger partial charge in [0, 0.05) is 6.04 Å². The lowest BCUT2D eigenvalue weighted by Crippen LogP contribution is -2.32. The lowest BCUT2D eigenvalue weighted by molar-refractivity contribution is 0.481. The first-order valence-electron chi connectivity index (χ1n) is 12.4. The highest BCUT2D eigenvalue weighted by Gasteiger charge is 2.27. The van der Waals surface area contributed by atoms with Gasteiger partial charge in [-0.25, -0.2) is 16.8 Å². The van der Waals surface area contributed by atoms with E-state index < -0.39 is 28.1 Å². The van der Waals surface area contributed by atoms with Crippen molar-refractivity contribution in [1.82, 2.24) is 4.31 Å². The van der Waals surface area contributed by atoms with Gasteiger partial charge in [-0.3, -0.25) is 0 Å². The summed E-state index contributed by atoms with van der Waals surface area (Å²) in [6.07, 6.45) is 0. The monoisotopic (exact) mass is 589 g/mol. The van der Waals surface area contributed by atoms with Gasteiger partial charge in [-0.1, -0.05) is 79.0 Å². The van der Waals surface area contributed by atoms with Gasteiger partial charge >= 0.3 is 0 Å². The highest BCUT2D eigenvalue weighted by molar-refractivity contribution is 7.93. The Hall–Kier alpha value is -3.85. The van der Waals surface area contributed by atoms with Gasteiger partial charge in [0.15, 0.2) is 0 Å². The molecule has 0 amide bonds. The molecule has 0 N–H and O–H groups in total. The van der Waals surface area contributed by atoms with Gasteiger partial charge in [0.1, 0.15) is 14.6 Å². The van der Waals surface area contributed by atoms with E-state index >= 15 is 0 Å². The molecule has 7 nitrogen and oxygen atoms in total. The van der Waals surface area contributed by atoms with Crippen molar-refractivity contribution in [2.24, 2.45) is 0 Å². The first kappa shape index (κ1) is 30.7. The van der Waals surface area contributed by atoms with Crippen molar-refractivity contribution in [2.45, 2.75) is 43.3 Å². The Labute approximate surface area is 239 Å². The quantitative estimate of drug-likeness (QED) is 0.169. The van der Waals surface area contributed by atoms with E-state index in [-0.39, 0.29) is 28.6 Å². The van der Waals surface area contributed by atoms with Crippen molar-refractivity contribution in [3.8, 4) is 29.5 Å².